The van der Waals surface area contributed by atoms with Gasteiger partial charge in [0, 0.05) is 16.3 Å². The van der Waals surface area contributed by atoms with Crippen LogP contribution in [0.2, 0.25) is 5.02 Å². The van der Waals surface area contributed by atoms with E-state index in [1.807, 2.05) is 32.0 Å². The molecule has 0 aliphatic carbocycles. The number of carbonyl (C=O) groups is 1. The SMILES string of the molecule is CCc1ccc(Cl)c(CC)c1NC(=O)c1cccc(C#N)c1. The van der Waals surface area contributed by atoms with Gasteiger partial charge < -0.3 is 5.32 Å². The Morgan fingerprint density at radius 2 is 2.00 bits per heavy atom. The Kier molecular flexibility index (Phi) is 5.19. The molecule has 0 spiro atoms. The number of anilines is 1. The second kappa shape index (κ2) is 7.11. The van der Waals surface area contributed by atoms with E-state index in [1.165, 1.54) is 0 Å². The summed E-state index contributed by atoms with van der Waals surface area (Å²) < 4.78 is 0. The van der Waals surface area contributed by atoms with Crippen molar-refractivity contribution in [3.05, 3.63) is 63.7 Å². The Bertz CT molecular complexity index is 747. The zero-order valence-corrected chi connectivity index (χ0v) is 13.4. The normalized spacial score (nSPS) is 10.1. The summed E-state index contributed by atoms with van der Waals surface area (Å²) in [6, 6.07) is 12.5. The lowest BCUT2D eigenvalue weighted by molar-refractivity contribution is 0.102. The molecule has 0 unspecified atom stereocenters. The first-order valence-corrected chi connectivity index (χ1v) is 7.60. The largest absolute Gasteiger partial charge is 0.321 e. The number of hydrogen-bond acceptors (Lipinski definition) is 2. The van der Waals surface area contributed by atoms with Crippen LogP contribution in [-0.2, 0) is 12.8 Å². The van der Waals surface area contributed by atoms with Crippen molar-refractivity contribution in [2.45, 2.75) is 26.7 Å². The second-order valence-electron chi connectivity index (χ2n) is 4.91. The van der Waals surface area contributed by atoms with E-state index in [9.17, 15) is 4.79 Å². The molecule has 3 nitrogen and oxygen atoms in total. The molecule has 0 radical (unpaired) electrons. The lowest BCUT2D eigenvalue weighted by Gasteiger charge is -2.16. The van der Waals surface area contributed by atoms with Crippen LogP contribution < -0.4 is 5.32 Å². The highest BCUT2D eigenvalue weighted by Crippen LogP contribution is 2.30. The number of benzene rings is 2. The predicted molar refractivity (Wildman–Crippen MR) is 89.3 cm³/mol. The molecule has 1 amide bonds. The topological polar surface area (TPSA) is 52.9 Å². The van der Waals surface area contributed by atoms with Gasteiger partial charge in [-0.3, -0.25) is 4.79 Å². The van der Waals surface area contributed by atoms with Crippen LogP contribution in [0.25, 0.3) is 0 Å². The maximum absolute atomic E-state index is 12.5. The summed E-state index contributed by atoms with van der Waals surface area (Å²) in [4.78, 5) is 12.5. The number of hydrogen-bond donors (Lipinski definition) is 1. The smallest absolute Gasteiger partial charge is 0.255 e. The maximum Gasteiger partial charge on any atom is 0.255 e. The third-order valence-corrected chi connectivity index (χ3v) is 3.92. The van der Waals surface area contributed by atoms with Crippen molar-refractivity contribution in [3.8, 4) is 6.07 Å². The van der Waals surface area contributed by atoms with Crippen LogP contribution in [0.3, 0.4) is 0 Å². The molecule has 0 saturated heterocycles. The monoisotopic (exact) mass is 312 g/mol. The molecule has 4 heteroatoms. The van der Waals surface area contributed by atoms with Gasteiger partial charge in [-0.2, -0.15) is 5.26 Å². The van der Waals surface area contributed by atoms with Crippen molar-refractivity contribution < 1.29 is 4.79 Å². The molecular formula is C18H17ClN2O. The quantitative estimate of drug-likeness (QED) is 0.897. The van der Waals surface area contributed by atoms with Crippen molar-refractivity contribution in [2.75, 3.05) is 5.32 Å². The molecule has 1 N–H and O–H groups in total. The van der Waals surface area contributed by atoms with Crippen molar-refractivity contribution in [2.24, 2.45) is 0 Å². The summed E-state index contributed by atoms with van der Waals surface area (Å²) in [5, 5.41) is 12.5. The summed E-state index contributed by atoms with van der Waals surface area (Å²) in [7, 11) is 0. The van der Waals surface area contributed by atoms with Crippen LogP contribution in [0.4, 0.5) is 5.69 Å². The van der Waals surface area contributed by atoms with Gasteiger partial charge in [0.05, 0.1) is 11.6 Å². The minimum absolute atomic E-state index is 0.233. The molecule has 2 aromatic carbocycles. The zero-order valence-electron chi connectivity index (χ0n) is 12.6. The Hall–Kier alpha value is -2.31. The number of nitriles is 1. The van der Waals surface area contributed by atoms with Gasteiger partial charge in [-0.1, -0.05) is 37.6 Å². The minimum atomic E-state index is -0.233. The average Bonchev–Trinajstić information content (AvgIpc) is 2.55. The lowest BCUT2D eigenvalue weighted by atomic mass is 10.0. The van der Waals surface area contributed by atoms with Crippen LogP contribution in [-0.4, -0.2) is 5.91 Å². The fraction of sp³-hybridized carbons (Fsp3) is 0.222. The molecule has 2 rings (SSSR count). The Morgan fingerprint density at radius 3 is 2.64 bits per heavy atom. The lowest BCUT2D eigenvalue weighted by Crippen LogP contribution is -2.15. The number of nitrogens with zero attached hydrogens (tertiary/aromatic N) is 1. The molecular weight excluding hydrogens is 296 g/mol. The van der Waals surface area contributed by atoms with Crippen molar-refractivity contribution >= 4 is 23.2 Å². The highest BCUT2D eigenvalue weighted by molar-refractivity contribution is 6.32. The van der Waals surface area contributed by atoms with Gasteiger partial charge in [0.2, 0.25) is 0 Å². The van der Waals surface area contributed by atoms with Crippen LogP contribution in [0.15, 0.2) is 36.4 Å². The molecule has 0 bridgehead atoms. The van der Waals surface area contributed by atoms with Gasteiger partial charge in [0.15, 0.2) is 0 Å². The summed E-state index contributed by atoms with van der Waals surface area (Å²) in [6.07, 6.45) is 1.54. The predicted octanol–water partition coefficient (Wildman–Crippen LogP) is 4.59. The Balaban J connectivity index is 2.39. The summed E-state index contributed by atoms with van der Waals surface area (Å²) >= 11 is 6.24. The third kappa shape index (κ3) is 3.29. The zero-order chi connectivity index (χ0) is 16.1. The number of nitrogens with one attached hydrogen (secondary N) is 1. The van der Waals surface area contributed by atoms with Gasteiger partial charge in [0.1, 0.15) is 0 Å². The van der Waals surface area contributed by atoms with Crippen LogP contribution >= 0.6 is 11.6 Å². The first-order valence-electron chi connectivity index (χ1n) is 7.22. The molecule has 112 valence electrons. The van der Waals surface area contributed by atoms with Crippen molar-refractivity contribution in [3.63, 3.8) is 0 Å². The van der Waals surface area contributed by atoms with Gasteiger partial charge >= 0.3 is 0 Å². The molecule has 22 heavy (non-hydrogen) atoms. The van der Waals surface area contributed by atoms with E-state index >= 15 is 0 Å². The molecule has 0 aliphatic heterocycles. The molecule has 0 aromatic heterocycles. The maximum atomic E-state index is 12.5. The van der Waals surface area contributed by atoms with Crippen LogP contribution in [0, 0.1) is 11.3 Å². The molecule has 0 atom stereocenters. The molecule has 0 heterocycles. The fourth-order valence-electron chi connectivity index (χ4n) is 2.38. The number of amides is 1. The summed E-state index contributed by atoms with van der Waals surface area (Å²) in [6.45, 7) is 4.04. The fourth-order valence-corrected chi connectivity index (χ4v) is 2.67. The number of aryl methyl sites for hydroxylation is 1. The van der Waals surface area contributed by atoms with E-state index in [2.05, 4.69) is 5.32 Å². The first-order chi connectivity index (χ1) is 10.6. The van der Waals surface area contributed by atoms with E-state index in [0.29, 0.717) is 16.1 Å². The van der Waals surface area contributed by atoms with E-state index in [4.69, 9.17) is 16.9 Å². The van der Waals surface area contributed by atoms with Crippen molar-refractivity contribution in [1.29, 1.82) is 5.26 Å². The van der Waals surface area contributed by atoms with Gasteiger partial charge in [-0.25, -0.2) is 0 Å². The highest BCUT2D eigenvalue weighted by atomic mass is 35.5. The molecule has 0 aliphatic rings. The Labute approximate surface area is 135 Å². The van der Waals surface area contributed by atoms with E-state index < -0.39 is 0 Å². The Morgan fingerprint density at radius 1 is 1.23 bits per heavy atom. The van der Waals surface area contributed by atoms with Gasteiger partial charge in [-0.15, -0.1) is 0 Å². The van der Waals surface area contributed by atoms with E-state index in [-0.39, 0.29) is 5.91 Å². The van der Waals surface area contributed by atoms with E-state index in [0.717, 1.165) is 29.7 Å². The third-order valence-electron chi connectivity index (χ3n) is 3.57. The number of carbonyl (C=O) groups excluding carboxylic acids is 1. The molecule has 2 aromatic rings. The number of rotatable bonds is 4. The highest BCUT2D eigenvalue weighted by Gasteiger charge is 2.14. The summed E-state index contributed by atoms with van der Waals surface area (Å²) in [5.74, 6) is -0.233. The second-order valence-corrected chi connectivity index (χ2v) is 5.32. The molecule has 0 fully saturated rings. The molecule has 0 saturated carbocycles. The van der Waals surface area contributed by atoms with Crippen LogP contribution in [0.5, 0.6) is 0 Å². The van der Waals surface area contributed by atoms with Gasteiger partial charge in [0.25, 0.3) is 5.91 Å². The average molecular weight is 313 g/mol. The van der Waals surface area contributed by atoms with Crippen molar-refractivity contribution in [1.82, 2.24) is 0 Å². The van der Waals surface area contributed by atoms with E-state index in [1.54, 1.807) is 24.3 Å². The first kappa shape index (κ1) is 16.1. The minimum Gasteiger partial charge on any atom is -0.321 e. The summed E-state index contributed by atoms with van der Waals surface area (Å²) in [5.41, 5.74) is 3.69. The van der Waals surface area contributed by atoms with Crippen LogP contribution in [0.1, 0.15) is 40.9 Å². The standard InChI is InChI=1S/C18H17ClN2O/c1-3-13-8-9-16(19)15(4-2)17(13)21-18(22)14-7-5-6-12(10-14)11-20/h5-10H,3-4H2,1-2H3,(H,21,22). The number of halogens is 1. The van der Waals surface area contributed by atoms with Gasteiger partial charge in [-0.05, 0) is 48.2 Å².